The van der Waals surface area contributed by atoms with Gasteiger partial charge in [-0.3, -0.25) is 5.10 Å². The number of halogens is 3. The van der Waals surface area contributed by atoms with Gasteiger partial charge in [0, 0.05) is 19.1 Å². The van der Waals surface area contributed by atoms with Crippen LogP contribution in [-0.2, 0) is 10.9 Å². The molecular weight excluding hydrogens is 337 g/mol. The first-order valence-corrected chi connectivity index (χ1v) is 7.61. The van der Waals surface area contributed by atoms with Crippen LogP contribution in [-0.4, -0.2) is 33.3 Å². The molecule has 10 heteroatoms. The molecule has 1 saturated heterocycles. The van der Waals surface area contributed by atoms with E-state index in [2.05, 4.69) is 25.5 Å². The van der Waals surface area contributed by atoms with Crippen LogP contribution in [0.5, 0.6) is 0 Å². The van der Waals surface area contributed by atoms with Crippen LogP contribution < -0.4 is 5.32 Å². The van der Waals surface area contributed by atoms with Gasteiger partial charge in [0.15, 0.2) is 11.5 Å². The summed E-state index contributed by atoms with van der Waals surface area (Å²) in [5.41, 5.74) is -1.69. The predicted octanol–water partition coefficient (Wildman–Crippen LogP) is 2.59. The zero-order chi connectivity index (χ0) is 18.0. The number of aromatic nitrogens is 4. The molecule has 0 radical (unpaired) electrons. The Morgan fingerprint density at radius 2 is 2.20 bits per heavy atom. The molecule has 132 valence electrons. The van der Waals surface area contributed by atoms with E-state index in [-0.39, 0.29) is 17.8 Å². The molecule has 0 unspecified atom stereocenters. The molecule has 3 rings (SSSR count). The number of pyridine rings is 1. The average molecular weight is 352 g/mol. The number of hydrogen-bond acceptors (Lipinski definition) is 6. The molecule has 0 saturated carbocycles. The topological polar surface area (TPSA) is 99.5 Å². The van der Waals surface area contributed by atoms with Crippen molar-refractivity contribution in [2.45, 2.75) is 25.6 Å². The third-order valence-corrected chi connectivity index (χ3v) is 3.94. The highest BCUT2D eigenvalue weighted by Crippen LogP contribution is 2.34. The summed E-state index contributed by atoms with van der Waals surface area (Å²) in [6.45, 7) is 2.75. The molecule has 0 amide bonds. The number of aromatic amines is 1. The summed E-state index contributed by atoms with van der Waals surface area (Å²) in [6.07, 6.45) is -4.14. The van der Waals surface area contributed by atoms with Crippen LogP contribution in [0.3, 0.4) is 0 Å². The Hall–Kier alpha value is -2.67. The maximum absolute atomic E-state index is 12.8. The van der Waals surface area contributed by atoms with E-state index in [1.807, 2.05) is 0 Å². The molecule has 1 aliphatic heterocycles. The van der Waals surface area contributed by atoms with E-state index in [4.69, 9.17) is 10.00 Å². The average Bonchev–Trinajstić information content (AvgIpc) is 3.20. The highest BCUT2D eigenvalue weighted by Gasteiger charge is 2.35. The van der Waals surface area contributed by atoms with Crippen molar-refractivity contribution in [2.24, 2.45) is 5.92 Å². The monoisotopic (exact) mass is 352 g/mol. The van der Waals surface area contributed by atoms with Gasteiger partial charge in [0.25, 0.3) is 0 Å². The van der Waals surface area contributed by atoms with Crippen molar-refractivity contribution in [3.8, 4) is 6.07 Å². The van der Waals surface area contributed by atoms with Gasteiger partial charge < -0.3 is 10.1 Å². The van der Waals surface area contributed by atoms with Crippen molar-refractivity contribution < 1.29 is 17.9 Å². The van der Waals surface area contributed by atoms with Crippen molar-refractivity contribution in [1.29, 1.82) is 5.26 Å². The lowest BCUT2D eigenvalue weighted by Crippen LogP contribution is -2.20. The highest BCUT2D eigenvalue weighted by molar-refractivity contribution is 5.44. The molecule has 7 nitrogen and oxygen atoms in total. The predicted molar refractivity (Wildman–Crippen MR) is 80.4 cm³/mol. The van der Waals surface area contributed by atoms with Crippen molar-refractivity contribution in [3.63, 3.8) is 0 Å². The zero-order valence-electron chi connectivity index (χ0n) is 13.3. The molecular formula is C15H15F3N6O. The lowest BCUT2D eigenvalue weighted by molar-refractivity contribution is -0.138. The second kappa shape index (κ2) is 6.68. The minimum atomic E-state index is -4.61. The van der Waals surface area contributed by atoms with Crippen LogP contribution in [0.25, 0.3) is 0 Å². The van der Waals surface area contributed by atoms with E-state index in [0.717, 1.165) is 12.5 Å². The number of anilines is 1. The quantitative estimate of drug-likeness (QED) is 0.877. The Balaban J connectivity index is 1.70. The molecule has 25 heavy (non-hydrogen) atoms. The van der Waals surface area contributed by atoms with Crippen LogP contribution in [0.15, 0.2) is 12.1 Å². The molecule has 3 heterocycles. The first-order chi connectivity index (χ1) is 11.9. The second-order valence-electron chi connectivity index (χ2n) is 5.70. The van der Waals surface area contributed by atoms with Gasteiger partial charge in [0.1, 0.15) is 23.8 Å². The number of H-pyrrole nitrogens is 1. The van der Waals surface area contributed by atoms with Gasteiger partial charge in [-0.2, -0.15) is 23.5 Å². The first-order valence-electron chi connectivity index (χ1n) is 7.61. The zero-order valence-corrected chi connectivity index (χ0v) is 13.3. The van der Waals surface area contributed by atoms with Crippen molar-refractivity contribution in [3.05, 3.63) is 35.0 Å². The number of hydrogen-bond donors (Lipinski definition) is 2. The number of ether oxygens (including phenoxy) is 1. The van der Waals surface area contributed by atoms with Crippen LogP contribution >= 0.6 is 0 Å². The van der Waals surface area contributed by atoms with Gasteiger partial charge >= 0.3 is 6.18 Å². The van der Waals surface area contributed by atoms with E-state index < -0.39 is 17.4 Å². The van der Waals surface area contributed by atoms with E-state index in [1.54, 1.807) is 6.92 Å². The minimum absolute atomic E-state index is 0.0461. The third-order valence-electron chi connectivity index (χ3n) is 3.94. The van der Waals surface area contributed by atoms with E-state index in [0.29, 0.717) is 24.8 Å². The Morgan fingerprint density at radius 3 is 2.84 bits per heavy atom. The lowest BCUT2D eigenvalue weighted by Gasteiger charge is -2.17. The number of alkyl halides is 3. The van der Waals surface area contributed by atoms with Gasteiger partial charge in [-0.1, -0.05) is 0 Å². The summed E-state index contributed by atoms with van der Waals surface area (Å²) in [6, 6.07) is 3.56. The second-order valence-corrected chi connectivity index (χ2v) is 5.70. The minimum Gasteiger partial charge on any atom is -0.370 e. The number of nitrogens with one attached hydrogen (secondary N) is 2. The molecule has 1 aliphatic rings. The molecule has 1 fully saturated rings. The Labute approximate surface area is 141 Å². The summed E-state index contributed by atoms with van der Waals surface area (Å²) in [5, 5.41) is 18.7. The smallest absolute Gasteiger partial charge is 0.370 e. The lowest BCUT2D eigenvalue weighted by atomic mass is 10.0. The maximum Gasteiger partial charge on any atom is 0.419 e. The van der Waals surface area contributed by atoms with Gasteiger partial charge in [-0.25, -0.2) is 9.97 Å². The van der Waals surface area contributed by atoms with Crippen molar-refractivity contribution in [1.82, 2.24) is 20.2 Å². The molecule has 0 aromatic carbocycles. The normalized spacial score (nSPS) is 20.4. The molecule has 0 aliphatic carbocycles. The maximum atomic E-state index is 12.8. The first kappa shape index (κ1) is 17.2. The van der Waals surface area contributed by atoms with E-state index in [1.165, 1.54) is 12.1 Å². The fourth-order valence-electron chi connectivity index (χ4n) is 2.72. The van der Waals surface area contributed by atoms with Crippen LogP contribution in [0.2, 0.25) is 0 Å². The van der Waals surface area contributed by atoms with Gasteiger partial charge in [-0.05, 0) is 25.5 Å². The highest BCUT2D eigenvalue weighted by atomic mass is 19.4. The Bertz CT molecular complexity index is 797. The van der Waals surface area contributed by atoms with Crippen molar-refractivity contribution in [2.75, 3.05) is 18.5 Å². The molecule has 2 aromatic rings. The summed E-state index contributed by atoms with van der Waals surface area (Å²) >= 11 is 0. The Kier molecular flexibility index (Phi) is 4.59. The Morgan fingerprint density at radius 1 is 1.40 bits per heavy atom. The third kappa shape index (κ3) is 3.71. The van der Waals surface area contributed by atoms with Crippen LogP contribution in [0, 0.1) is 24.2 Å². The fraction of sp³-hybridized carbons (Fsp3) is 0.467. The van der Waals surface area contributed by atoms with Gasteiger partial charge in [0.2, 0.25) is 0 Å². The van der Waals surface area contributed by atoms with E-state index >= 15 is 0 Å². The largest absolute Gasteiger partial charge is 0.419 e. The summed E-state index contributed by atoms with van der Waals surface area (Å²) in [7, 11) is 0. The van der Waals surface area contributed by atoms with Crippen LogP contribution in [0.4, 0.5) is 19.0 Å². The SMILES string of the molecule is Cc1nc([C@H]2OCC[C@H]2CNc2ccc(C(F)(F)F)c(C#N)n2)n[nH]1. The molecule has 2 aromatic heterocycles. The number of rotatable bonds is 4. The summed E-state index contributed by atoms with van der Waals surface area (Å²) in [4.78, 5) is 8.01. The molecule has 2 atom stereocenters. The number of aryl methyl sites for hydroxylation is 1. The molecule has 0 spiro atoms. The summed E-state index contributed by atoms with van der Waals surface area (Å²) < 4.78 is 44.0. The van der Waals surface area contributed by atoms with E-state index in [9.17, 15) is 13.2 Å². The van der Waals surface area contributed by atoms with Gasteiger partial charge in [0.05, 0.1) is 5.56 Å². The summed E-state index contributed by atoms with van der Waals surface area (Å²) in [5.74, 6) is 1.49. The fourth-order valence-corrected chi connectivity index (χ4v) is 2.72. The van der Waals surface area contributed by atoms with Crippen molar-refractivity contribution >= 4 is 5.82 Å². The molecule has 0 bridgehead atoms. The number of nitriles is 1. The number of nitrogens with zero attached hydrogens (tertiary/aromatic N) is 4. The standard InChI is InChI=1S/C15H15F3N6O/c1-8-21-14(24-23-8)13-9(4-5-25-13)7-20-12-3-2-10(15(16,17)18)11(6-19)22-12/h2-3,9,13H,4-5,7H2,1H3,(H,20,22)(H,21,23,24)/t9-,13-/m0/s1. The molecule has 2 N–H and O–H groups in total. The van der Waals surface area contributed by atoms with Crippen LogP contribution in [0.1, 0.15) is 35.4 Å². The van der Waals surface area contributed by atoms with Gasteiger partial charge in [-0.15, -0.1) is 0 Å².